The number of aliphatic hydroxyl groups is 1. The van der Waals surface area contributed by atoms with Gasteiger partial charge in [-0.15, -0.1) is 27.5 Å². The number of anilines is 9. The Morgan fingerprint density at radius 3 is 0.886 bits per heavy atom. The molecule has 2 saturated heterocycles. The van der Waals surface area contributed by atoms with Gasteiger partial charge in [0.05, 0.1) is 52.3 Å². The second-order valence-corrected chi connectivity index (χ2v) is 46.5. The zero-order valence-electron chi connectivity index (χ0n) is 96.1. The minimum atomic E-state index is -0.509. The van der Waals surface area contributed by atoms with Crippen molar-refractivity contribution in [2.75, 3.05) is 53.9 Å². The van der Waals surface area contributed by atoms with Gasteiger partial charge < -0.3 is 32.3 Å². The van der Waals surface area contributed by atoms with Crippen LogP contribution in [0.25, 0.3) is 21.8 Å². The van der Waals surface area contributed by atoms with E-state index in [0.29, 0.717) is 90.6 Å². The molecule has 0 bridgehead atoms. The molecule has 2 aromatic heterocycles. The first-order valence-corrected chi connectivity index (χ1v) is 56.4. The van der Waals surface area contributed by atoms with Gasteiger partial charge in [0.25, 0.3) is 18.2 Å². The Balaban J connectivity index is 0.000000282. The number of carbonyl (C=O) groups excluding carboxylic acids is 3. The Labute approximate surface area is 970 Å². The van der Waals surface area contributed by atoms with Crippen molar-refractivity contribution >= 4 is 122 Å². The van der Waals surface area contributed by atoms with Gasteiger partial charge in [0, 0.05) is 68.4 Å². The molecule has 3 amide bonds. The van der Waals surface area contributed by atoms with Crippen LogP contribution in [0, 0.1) is 63.9 Å². The van der Waals surface area contributed by atoms with E-state index in [1.54, 1.807) is 53.2 Å². The molecule has 6 heterocycles. The molecule has 10 aromatic carbocycles. The number of rotatable bonds is 20. The second kappa shape index (κ2) is 56.3. The molecule has 4 aliphatic heterocycles. The molecule has 0 atom stereocenters. The van der Waals surface area contributed by atoms with E-state index in [4.69, 9.17) is 5.11 Å². The van der Waals surface area contributed by atoms with Crippen LogP contribution in [0.2, 0.25) is 0 Å². The van der Waals surface area contributed by atoms with Crippen LogP contribution in [0.1, 0.15) is 389 Å². The fourth-order valence-electron chi connectivity index (χ4n) is 20.1. The number of para-hydroxylation sites is 8. The van der Waals surface area contributed by atoms with Crippen LogP contribution in [0.15, 0.2) is 207 Å². The van der Waals surface area contributed by atoms with Crippen molar-refractivity contribution in [3.8, 4) is 0 Å². The van der Waals surface area contributed by atoms with E-state index in [1.165, 1.54) is 117 Å². The first-order valence-electron chi connectivity index (χ1n) is 52.4. The van der Waals surface area contributed by atoms with Gasteiger partial charge >= 0.3 is 103 Å². The summed E-state index contributed by atoms with van der Waals surface area (Å²) in [7, 11) is 8.78. The van der Waals surface area contributed by atoms with Gasteiger partial charge in [0.15, 0.2) is 0 Å². The van der Waals surface area contributed by atoms with E-state index >= 15 is 0 Å². The van der Waals surface area contributed by atoms with Gasteiger partial charge in [-0.1, -0.05) is 336 Å². The summed E-state index contributed by atoms with van der Waals surface area (Å²) in [6.45, 7) is 88.1. The Morgan fingerprint density at radius 2 is 0.624 bits per heavy atom. The van der Waals surface area contributed by atoms with Crippen molar-refractivity contribution in [1.82, 2.24) is 15.0 Å². The fourth-order valence-corrected chi connectivity index (χ4v) is 20.1. The topological polar surface area (TPSA) is 137 Å². The number of nitrogens with zero attached hydrogens (tertiary/aromatic N) is 11. The van der Waals surface area contributed by atoms with Crippen LogP contribution in [0.3, 0.4) is 0 Å². The molecule has 0 unspecified atom stereocenters. The molecule has 1 radical (unpaired) electrons. The number of fused-ring (bicyclic) bond motifs is 4. The Kier molecular flexibility index (Phi) is 49.0. The van der Waals surface area contributed by atoms with Crippen molar-refractivity contribution in [2.45, 2.75) is 333 Å². The van der Waals surface area contributed by atoms with Gasteiger partial charge in [-0.25, -0.2) is 19.3 Å². The molecule has 15 nitrogen and oxygen atoms in total. The molecule has 808 valence electrons. The second-order valence-electron chi connectivity index (χ2n) is 46.5. The molecule has 149 heavy (non-hydrogen) atoms. The molecule has 12 aromatic rings. The maximum absolute atomic E-state index is 13.9. The maximum Gasteiger partial charge on any atom is 1.00 e. The van der Waals surface area contributed by atoms with Gasteiger partial charge in [-0.2, -0.15) is 14.7 Å². The summed E-state index contributed by atoms with van der Waals surface area (Å²) in [5, 5.41) is 11.0. The number of hydrogen-bond acceptors (Lipinski definition) is 10. The molecular formula is C127H168Au2Cl3CuN11NaO4+2. The number of hydrogen-bond donors (Lipinski definition) is 1. The maximum atomic E-state index is 13.9. The molecule has 4 aliphatic rings. The van der Waals surface area contributed by atoms with Crippen LogP contribution >= 0.6 is 19.3 Å². The molecular weight excluding hydrogens is 2330 g/mol. The van der Waals surface area contributed by atoms with Crippen molar-refractivity contribution in [3.63, 3.8) is 0 Å². The summed E-state index contributed by atoms with van der Waals surface area (Å²) in [6.07, 6.45) is 5.58. The predicted octanol–water partition coefficient (Wildman–Crippen LogP) is 28.5. The third kappa shape index (κ3) is 31.7. The average molecular weight is 2500 g/mol. The van der Waals surface area contributed by atoms with Crippen molar-refractivity contribution in [1.29, 1.82) is 0 Å². The minimum Gasteiger partial charge on any atom is -0.657 e. The summed E-state index contributed by atoms with van der Waals surface area (Å²) in [6, 6.07) is 69.0. The third-order valence-electron chi connectivity index (χ3n) is 27.1. The van der Waals surface area contributed by atoms with Crippen molar-refractivity contribution in [3.05, 3.63) is 316 Å². The minimum absolute atomic E-state index is 0. The van der Waals surface area contributed by atoms with E-state index in [1.807, 2.05) is 26.8 Å². The molecule has 0 aliphatic carbocycles. The molecule has 22 heteroatoms. The van der Waals surface area contributed by atoms with Gasteiger partial charge in [-0.05, 0) is 263 Å². The molecule has 0 spiro atoms. The first kappa shape index (κ1) is 130. The van der Waals surface area contributed by atoms with E-state index in [-0.39, 0.29) is 82.1 Å². The Morgan fingerprint density at radius 1 is 0.383 bits per heavy atom. The van der Waals surface area contributed by atoms with E-state index in [2.05, 4.69) is 517 Å². The van der Waals surface area contributed by atoms with Gasteiger partial charge in [-0.3, -0.25) is 9.59 Å². The van der Waals surface area contributed by atoms with E-state index in [0.717, 1.165) is 51.1 Å². The van der Waals surface area contributed by atoms with Crippen molar-refractivity contribution < 1.29 is 123 Å². The standard InChI is InChI=1S/3C30H43N2O.C21H21N4.C12H8N.C4H10O.2Au.3ClH.Cu.Na/c3*1-19(2)23-13-11-14-24(20(3)4)27(23)31-17-30(9,10)29(33)32(18-31)28-25(21(5)6)15-12-16-26(28)22(7)8;1-14-7-15(2)10-18(9-14)24-13-25(21-20(24)22-5-6-23-21)19-11-16(3)8-17(4)12-19;1-3-7-11-9(5-1)10-6-2-4-8-12(10)13-11;1-4(2,3)5;;;;;;;/h3*11-16,18-22H,17H2,1-10H3;5-13H,1-4H3;1-8H;5H,1-3H3;;;3*1H;;/q3*+1;2*-1;;;+1;;;;+2;+1/p-3. The summed E-state index contributed by atoms with van der Waals surface area (Å²) in [4.78, 5) is 70.2. The number of carbonyl (C=O) groups is 3. The normalized spacial score (nSPS) is 14.6. The summed E-state index contributed by atoms with van der Waals surface area (Å²) in [5.74, 6) is 6.56. The smallest absolute Gasteiger partial charge is 0.657 e. The van der Waals surface area contributed by atoms with Crippen LogP contribution in [0.5, 0.6) is 0 Å². The monoisotopic (exact) mass is 2500 g/mol. The van der Waals surface area contributed by atoms with Crippen LogP contribution in [-0.4, -0.2) is 68.9 Å². The summed E-state index contributed by atoms with van der Waals surface area (Å²) < 4.78 is 2.35. The first-order chi connectivity index (χ1) is 68.5. The molecule has 2 fully saturated rings. The van der Waals surface area contributed by atoms with Crippen molar-refractivity contribution in [2.24, 2.45) is 16.2 Å². The molecule has 16 rings (SSSR count). The Hall–Kier alpha value is -8.07. The summed E-state index contributed by atoms with van der Waals surface area (Å²) in [5.41, 5.74) is 29.7. The number of aryl methyl sites for hydroxylation is 4. The number of benzene rings is 10. The predicted molar refractivity (Wildman–Crippen MR) is 617 cm³/mol. The zero-order chi connectivity index (χ0) is 109. The van der Waals surface area contributed by atoms with Crippen LogP contribution < -0.4 is 81.2 Å². The molecule has 1 N–H and O–H groups in total. The van der Waals surface area contributed by atoms with Crippen LogP contribution in [0.4, 0.5) is 57.1 Å². The Bertz CT molecular complexity index is 6000. The fraction of sp³-hybridized carbons (Fsp3) is 0.441. The van der Waals surface area contributed by atoms with Gasteiger partial charge in [0.2, 0.25) is 0 Å². The number of halogens is 3. The SMILES string of the molecule is CC(C)(C)O.CC(C)c1cccc(C(C)C)c1N1C=[N+](c2c(C(C)C)cccc2C(C)C)CC(C)(C)C1=O.CC(C)c1cccc(C(C)C)c1N1[CH+]N(c2c(C(C)C)cccc2C(C)C)C(=O)C(C)(C)C1.CC(C)c1cccc(C(C)C)c1N1[CH+]N(c2c(C(C)C)cccc2C(C)C)C(=O)C(C)(C)C1.Cc1cc(C)cc(N2[CH-]N(c3cc(C)cc(C)c3)c3nccnc32)c1.[Au].[Cl-].[Cl][Au].[Cl][Cu+].[Na+].c1ccc2c(c1)[n-]c1ccccc12. The quantitative estimate of drug-likeness (QED) is 0.0443. The average Bonchev–Trinajstić information content (AvgIpc) is 1.65. The van der Waals surface area contributed by atoms with Crippen LogP contribution in [-0.2, 0) is 71.9 Å². The number of amides is 3. The van der Waals surface area contributed by atoms with E-state index in [9.17, 15) is 14.4 Å². The van der Waals surface area contributed by atoms with Gasteiger partial charge in [0.1, 0.15) is 35.0 Å². The largest absolute Gasteiger partial charge is 1.00 e. The summed E-state index contributed by atoms with van der Waals surface area (Å²) >= 11 is 5.41. The number of aromatic nitrogens is 3. The van der Waals surface area contributed by atoms with E-state index < -0.39 is 21.8 Å². The zero-order valence-corrected chi connectivity index (χ0v) is 106. The molecule has 0 saturated carbocycles. The third-order valence-corrected chi connectivity index (χ3v) is 27.1.